The molecule has 0 fully saturated rings. The predicted molar refractivity (Wildman–Crippen MR) is 35.8 cm³/mol. The van der Waals surface area contributed by atoms with Gasteiger partial charge in [-0.15, -0.1) is 0 Å². The van der Waals surface area contributed by atoms with Crippen LogP contribution in [-0.4, -0.2) is 12.6 Å². The van der Waals surface area contributed by atoms with E-state index in [0.29, 0.717) is 6.04 Å². The molecular formula is C7H13N. The third kappa shape index (κ3) is 1.10. The Morgan fingerprint density at radius 1 is 1.88 bits per heavy atom. The average molecular weight is 111 g/mol. The molecule has 0 radical (unpaired) electrons. The summed E-state index contributed by atoms with van der Waals surface area (Å²) in [6.45, 7) is 5.47. The number of hydrogen-bond acceptors (Lipinski definition) is 1. The molecule has 0 aromatic carbocycles. The first-order valence-electron chi connectivity index (χ1n) is 3.23. The Morgan fingerprint density at radius 3 is 2.88 bits per heavy atom. The summed E-state index contributed by atoms with van der Waals surface area (Å²) in [5, 5.41) is 3.36. The largest absolute Gasteiger partial charge is 0.307 e. The van der Waals surface area contributed by atoms with Crippen molar-refractivity contribution in [2.24, 2.45) is 0 Å². The fourth-order valence-electron chi connectivity index (χ4n) is 1.02. The van der Waals surface area contributed by atoms with Gasteiger partial charge in [-0.1, -0.05) is 18.6 Å². The van der Waals surface area contributed by atoms with Gasteiger partial charge in [-0.2, -0.15) is 0 Å². The van der Waals surface area contributed by atoms with E-state index in [9.17, 15) is 0 Å². The summed E-state index contributed by atoms with van der Waals surface area (Å²) >= 11 is 0. The standard InChI is InChI=1S/C7H13N/c1-3-7-4-6(2)5-8-7/h4,7-8H,3,5H2,1-2H3. The Morgan fingerprint density at radius 2 is 2.62 bits per heavy atom. The van der Waals surface area contributed by atoms with Gasteiger partial charge < -0.3 is 5.32 Å². The Balaban J connectivity index is 2.41. The zero-order valence-corrected chi connectivity index (χ0v) is 5.57. The highest BCUT2D eigenvalue weighted by molar-refractivity contribution is 5.12. The van der Waals surface area contributed by atoms with Crippen LogP contribution in [0, 0.1) is 0 Å². The van der Waals surface area contributed by atoms with Crippen molar-refractivity contribution in [3.63, 3.8) is 0 Å². The van der Waals surface area contributed by atoms with Crippen LogP contribution in [0.1, 0.15) is 20.3 Å². The van der Waals surface area contributed by atoms with Gasteiger partial charge >= 0.3 is 0 Å². The van der Waals surface area contributed by atoms with Crippen molar-refractivity contribution in [3.05, 3.63) is 11.6 Å². The van der Waals surface area contributed by atoms with Gasteiger partial charge in [0.2, 0.25) is 0 Å². The molecule has 0 aromatic heterocycles. The fourth-order valence-corrected chi connectivity index (χ4v) is 1.02. The van der Waals surface area contributed by atoms with E-state index in [2.05, 4.69) is 25.2 Å². The molecule has 1 N–H and O–H groups in total. The first-order chi connectivity index (χ1) is 3.83. The maximum atomic E-state index is 3.36. The van der Waals surface area contributed by atoms with Crippen molar-refractivity contribution in [2.45, 2.75) is 26.3 Å². The second-order valence-corrected chi connectivity index (χ2v) is 2.41. The molecule has 0 amide bonds. The lowest BCUT2D eigenvalue weighted by Crippen LogP contribution is -2.20. The van der Waals surface area contributed by atoms with E-state index in [-0.39, 0.29) is 0 Å². The van der Waals surface area contributed by atoms with Crippen LogP contribution in [-0.2, 0) is 0 Å². The van der Waals surface area contributed by atoms with Crippen LogP contribution < -0.4 is 5.32 Å². The Bertz CT molecular complexity index is 105. The van der Waals surface area contributed by atoms with Crippen molar-refractivity contribution in [1.82, 2.24) is 5.32 Å². The highest BCUT2D eigenvalue weighted by Gasteiger charge is 2.07. The summed E-state index contributed by atoms with van der Waals surface area (Å²) in [4.78, 5) is 0. The van der Waals surface area contributed by atoms with E-state index in [1.807, 2.05) is 0 Å². The summed E-state index contributed by atoms with van der Waals surface area (Å²) in [5.74, 6) is 0. The SMILES string of the molecule is CCC1C=C(C)CN1. The Kier molecular flexibility index (Phi) is 1.69. The van der Waals surface area contributed by atoms with Crippen molar-refractivity contribution in [3.8, 4) is 0 Å². The molecule has 1 heterocycles. The lowest BCUT2D eigenvalue weighted by Gasteiger charge is -2.01. The van der Waals surface area contributed by atoms with E-state index in [1.54, 1.807) is 0 Å². The molecule has 1 heteroatoms. The first-order valence-corrected chi connectivity index (χ1v) is 3.23. The zero-order valence-electron chi connectivity index (χ0n) is 5.57. The van der Waals surface area contributed by atoms with Crippen LogP contribution in [0.25, 0.3) is 0 Å². The molecule has 0 bridgehead atoms. The summed E-state index contributed by atoms with van der Waals surface area (Å²) in [5.41, 5.74) is 1.48. The van der Waals surface area contributed by atoms with E-state index in [4.69, 9.17) is 0 Å². The Labute approximate surface area is 50.8 Å². The molecule has 8 heavy (non-hydrogen) atoms. The van der Waals surface area contributed by atoms with Crippen molar-refractivity contribution in [1.29, 1.82) is 0 Å². The van der Waals surface area contributed by atoms with Gasteiger partial charge in [0.15, 0.2) is 0 Å². The lowest BCUT2D eigenvalue weighted by atomic mass is 10.2. The second kappa shape index (κ2) is 2.31. The van der Waals surface area contributed by atoms with Crippen LogP contribution in [0.5, 0.6) is 0 Å². The zero-order chi connectivity index (χ0) is 5.98. The maximum absolute atomic E-state index is 3.36. The fraction of sp³-hybridized carbons (Fsp3) is 0.714. The van der Waals surface area contributed by atoms with Crippen molar-refractivity contribution >= 4 is 0 Å². The molecule has 46 valence electrons. The molecule has 1 rings (SSSR count). The quantitative estimate of drug-likeness (QED) is 0.503. The minimum Gasteiger partial charge on any atom is -0.307 e. The highest BCUT2D eigenvalue weighted by atomic mass is 14.9. The van der Waals surface area contributed by atoms with Gasteiger partial charge in [0.25, 0.3) is 0 Å². The first kappa shape index (κ1) is 5.83. The second-order valence-electron chi connectivity index (χ2n) is 2.41. The maximum Gasteiger partial charge on any atom is 0.0253 e. The third-order valence-corrected chi connectivity index (χ3v) is 1.57. The van der Waals surface area contributed by atoms with Gasteiger partial charge in [0.05, 0.1) is 0 Å². The molecule has 1 aliphatic heterocycles. The van der Waals surface area contributed by atoms with Gasteiger partial charge in [-0.05, 0) is 13.3 Å². The normalized spacial score (nSPS) is 28.2. The topological polar surface area (TPSA) is 12.0 Å². The van der Waals surface area contributed by atoms with Crippen LogP contribution in [0.15, 0.2) is 11.6 Å². The molecule has 1 unspecified atom stereocenters. The summed E-state index contributed by atoms with van der Waals surface area (Å²) in [7, 11) is 0. The van der Waals surface area contributed by atoms with E-state index in [1.165, 1.54) is 12.0 Å². The van der Waals surface area contributed by atoms with Gasteiger partial charge in [-0.3, -0.25) is 0 Å². The van der Waals surface area contributed by atoms with Crippen LogP contribution in [0.2, 0.25) is 0 Å². The molecule has 1 atom stereocenters. The molecular weight excluding hydrogens is 98.1 g/mol. The number of nitrogens with one attached hydrogen (secondary N) is 1. The minimum absolute atomic E-state index is 0.662. The van der Waals surface area contributed by atoms with Crippen molar-refractivity contribution in [2.75, 3.05) is 6.54 Å². The molecule has 1 nitrogen and oxygen atoms in total. The lowest BCUT2D eigenvalue weighted by molar-refractivity contribution is 0.647. The molecule has 0 saturated heterocycles. The number of rotatable bonds is 1. The van der Waals surface area contributed by atoms with Gasteiger partial charge in [0.1, 0.15) is 0 Å². The van der Waals surface area contributed by atoms with Crippen LogP contribution in [0.3, 0.4) is 0 Å². The monoisotopic (exact) mass is 111 g/mol. The molecule has 0 aromatic rings. The van der Waals surface area contributed by atoms with Crippen LogP contribution in [0.4, 0.5) is 0 Å². The molecule has 0 saturated carbocycles. The number of hydrogen-bond donors (Lipinski definition) is 1. The summed E-state index contributed by atoms with van der Waals surface area (Å²) in [6.07, 6.45) is 3.53. The van der Waals surface area contributed by atoms with Crippen molar-refractivity contribution < 1.29 is 0 Å². The van der Waals surface area contributed by atoms with E-state index >= 15 is 0 Å². The van der Waals surface area contributed by atoms with Gasteiger partial charge in [0, 0.05) is 12.6 Å². The van der Waals surface area contributed by atoms with Gasteiger partial charge in [-0.25, -0.2) is 0 Å². The molecule has 0 aliphatic carbocycles. The molecule has 1 aliphatic rings. The van der Waals surface area contributed by atoms with Crippen LogP contribution >= 0.6 is 0 Å². The van der Waals surface area contributed by atoms with E-state index in [0.717, 1.165) is 6.54 Å². The highest BCUT2D eigenvalue weighted by Crippen LogP contribution is 2.05. The average Bonchev–Trinajstić information content (AvgIpc) is 2.14. The smallest absolute Gasteiger partial charge is 0.0253 e. The van der Waals surface area contributed by atoms with E-state index < -0.39 is 0 Å². The summed E-state index contributed by atoms with van der Waals surface area (Å²) in [6, 6.07) is 0.662. The minimum atomic E-state index is 0.662. The Hall–Kier alpha value is -0.300. The summed E-state index contributed by atoms with van der Waals surface area (Å²) < 4.78 is 0. The molecule has 0 spiro atoms. The third-order valence-electron chi connectivity index (χ3n) is 1.57. The predicted octanol–water partition coefficient (Wildman–Crippen LogP) is 1.31.